The van der Waals surface area contributed by atoms with E-state index in [1.54, 1.807) is 25.1 Å². The number of benzene rings is 2. The molecule has 1 N–H and O–H groups in total. The van der Waals surface area contributed by atoms with Gasteiger partial charge in [0.15, 0.2) is 6.10 Å². The summed E-state index contributed by atoms with van der Waals surface area (Å²) < 4.78 is 5.74. The molecule has 1 saturated heterocycles. The van der Waals surface area contributed by atoms with Gasteiger partial charge in [-0.2, -0.15) is 0 Å². The van der Waals surface area contributed by atoms with Crippen LogP contribution in [0.25, 0.3) is 0 Å². The summed E-state index contributed by atoms with van der Waals surface area (Å²) in [5.74, 6) is 0.511. The van der Waals surface area contributed by atoms with E-state index in [0.29, 0.717) is 22.9 Å². The molecule has 1 aliphatic rings. The van der Waals surface area contributed by atoms with E-state index in [0.717, 1.165) is 37.1 Å². The largest absolute Gasteiger partial charge is 0.481 e. The van der Waals surface area contributed by atoms with Gasteiger partial charge in [-0.25, -0.2) is 0 Å². The highest BCUT2D eigenvalue weighted by molar-refractivity contribution is 6.30. The lowest BCUT2D eigenvalue weighted by molar-refractivity contribution is -0.127. The number of hydrogen-bond acceptors (Lipinski definition) is 3. The van der Waals surface area contributed by atoms with Crippen molar-refractivity contribution in [2.75, 3.05) is 13.1 Å². The van der Waals surface area contributed by atoms with Gasteiger partial charge in [-0.1, -0.05) is 23.7 Å². The summed E-state index contributed by atoms with van der Waals surface area (Å²) in [6, 6.07) is 12.7. The lowest BCUT2D eigenvalue weighted by Crippen LogP contribution is -2.36. The first-order valence-corrected chi connectivity index (χ1v) is 9.90. The van der Waals surface area contributed by atoms with Crippen molar-refractivity contribution in [1.29, 1.82) is 0 Å². The molecule has 2 aromatic rings. The van der Waals surface area contributed by atoms with Crippen molar-refractivity contribution in [1.82, 2.24) is 10.2 Å². The Balaban J connectivity index is 1.51. The van der Waals surface area contributed by atoms with E-state index in [2.05, 4.69) is 5.32 Å². The predicted octanol–water partition coefficient (Wildman–Crippen LogP) is 3.97. The summed E-state index contributed by atoms with van der Waals surface area (Å²) in [4.78, 5) is 26.6. The molecule has 0 radical (unpaired) electrons. The number of carbonyl (C=O) groups excluding carboxylic acids is 2. The molecule has 0 bridgehead atoms. The minimum atomic E-state index is -0.629. The molecule has 1 aliphatic heterocycles. The molecule has 0 saturated carbocycles. The molecular weight excluding hydrogens is 376 g/mol. The number of likely N-dealkylation sites (tertiary alicyclic amines) is 1. The maximum atomic E-state index is 12.4. The average molecular weight is 401 g/mol. The lowest BCUT2D eigenvalue weighted by atomic mass is 10.1. The fraction of sp³-hybridized carbons (Fsp3) is 0.364. The summed E-state index contributed by atoms with van der Waals surface area (Å²) in [5.41, 5.74) is 2.50. The number of ether oxygens (including phenoxy) is 1. The van der Waals surface area contributed by atoms with Crippen molar-refractivity contribution >= 4 is 23.4 Å². The number of aryl methyl sites for hydroxylation is 1. The van der Waals surface area contributed by atoms with Gasteiger partial charge in [0, 0.05) is 30.2 Å². The normalized spacial score (nSPS) is 14.6. The Kier molecular flexibility index (Phi) is 6.57. The van der Waals surface area contributed by atoms with E-state index in [4.69, 9.17) is 16.3 Å². The number of hydrogen-bond donors (Lipinski definition) is 1. The second-order valence-electron chi connectivity index (χ2n) is 7.08. The Bertz CT molecular complexity index is 845. The second-order valence-corrected chi connectivity index (χ2v) is 7.52. The van der Waals surface area contributed by atoms with E-state index < -0.39 is 6.10 Å². The van der Waals surface area contributed by atoms with Crippen molar-refractivity contribution in [2.45, 2.75) is 39.3 Å². The Morgan fingerprint density at radius 1 is 1.14 bits per heavy atom. The molecule has 5 nitrogen and oxygen atoms in total. The van der Waals surface area contributed by atoms with Crippen LogP contribution in [0.15, 0.2) is 42.5 Å². The molecule has 0 spiro atoms. The van der Waals surface area contributed by atoms with Crippen LogP contribution in [0.5, 0.6) is 5.75 Å². The number of rotatable bonds is 6. The van der Waals surface area contributed by atoms with Gasteiger partial charge in [-0.05, 0) is 68.1 Å². The van der Waals surface area contributed by atoms with Crippen LogP contribution in [-0.2, 0) is 11.3 Å². The van der Waals surface area contributed by atoms with Gasteiger partial charge in [0.1, 0.15) is 5.75 Å². The molecule has 28 heavy (non-hydrogen) atoms. The Hall–Kier alpha value is -2.53. The average Bonchev–Trinajstić information content (AvgIpc) is 3.23. The minimum absolute atomic E-state index is 0.0773. The summed E-state index contributed by atoms with van der Waals surface area (Å²) in [6.45, 7) is 5.64. The van der Waals surface area contributed by atoms with E-state index in [9.17, 15) is 9.59 Å². The third kappa shape index (κ3) is 5.04. The molecule has 2 aromatic carbocycles. The van der Waals surface area contributed by atoms with Crippen molar-refractivity contribution in [3.63, 3.8) is 0 Å². The van der Waals surface area contributed by atoms with Crippen LogP contribution in [0.4, 0.5) is 0 Å². The van der Waals surface area contributed by atoms with Gasteiger partial charge in [-0.3, -0.25) is 9.59 Å². The SMILES string of the molecule is Cc1cc(Cl)ccc1O[C@H](C)C(=O)NCc1ccc(C(=O)N2CCCC2)cc1. The van der Waals surface area contributed by atoms with Crippen LogP contribution in [0, 0.1) is 6.92 Å². The zero-order chi connectivity index (χ0) is 20.1. The van der Waals surface area contributed by atoms with Crippen LogP contribution in [0.2, 0.25) is 5.02 Å². The Morgan fingerprint density at radius 2 is 1.82 bits per heavy atom. The van der Waals surface area contributed by atoms with Gasteiger partial charge in [0.25, 0.3) is 11.8 Å². The highest BCUT2D eigenvalue weighted by atomic mass is 35.5. The summed E-state index contributed by atoms with van der Waals surface area (Å²) >= 11 is 5.94. The van der Waals surface area contributed by atoms with Gasteiger partial charge in [-0.15, -0.1) is 0 Å². The highest BCUT2D eigenvalue weighted by Crippen LogP contribution is 2.22. The molecule has 0 aliphatic carbocycles. The van der Waals surface area contributed by atoms with E-state index >= 15 is 0 Å². The molecule has 6 heteroatoms. The lowest BCUT2D eigenvalue weighted by Gasteiger charge is -2.17. The molecule has 0 aromatic heterocycles. The summed E-state index contributed by atoms with van der Waals surface area (Å²) in [5, 5.41) is 3.50. The van der Waals surface area contributed by atoms with Gasteiger partial charge < -0.3 is 15.0 Å². The first kappa shape index (κ1) is 20.2. The van der Waals surface area contributed by atoms with E-state index in [-0.39, 0.29) is 11.8 Å². The van der Waals surface area contributed by atoms with Crippen LogP contribution >= 0.6 is 11.6 Å². The van der Waals surface area contributed by atoms with Gasteiger partial charge >= 0.3 is 0 Å². The molecule has 3 rings (SSSR count). The van der Waals surface area contributed by atoms with Crippen LogP contribution in [-0.4, -0.2) is 35.9 Å². The quantitative estimate of drug-likeness (QED) is 0.798. The number of amides is 2. The first-order chi connectivity index (χ1) is 13.4. The molecular formula is C22H25ClN2O3. The Morgan fingerprint density at radius 3 is 2.46 bits per heavy atom. The van der Waals surface area contributed by atoms with E-state index in [1.165, 1.54) is 0 Å². The monoisotopic (exact) mass is 400 g/mol. The predicted molar refractivity (Wildman–Crippen MR) is 110 cm³/mol. The standard InChI is InChI=1S/C22H25ClN2O3/c1-15-13-19(23)9-10-20(15)28-16(2)21(26)24-14-17-5-7-18(8-6-17)22(27)25-11-3-4-12-25/h5-10,13,16H,3-4,11-12,14H2,1-2H3,(H,24,26)/t16-/m1/s1. The van der Waals surface area contributed by atoms with Crippen LogP contribution in [0.3, 0.4) is 0 Å². The maximum Gasteiger partial charge on any atom is 0.261 e. The number of nitrogens with one attached hydrogen (secondary N) is 1. The summed E-state index contributed by atoms with van der Waals surface area (Å²) in [7, 11) is 0. The van der Waals surface area contributed by atoms with Crippen molar-refractivity contribution in [3.8, 4) is 5.75 Å². The fourth-order valence-corrected chi connectivity index (χ4v) is 3.42. The third-order valence-corrected chi connectivity index (χ3v) is 5.11. The number of halogens is 1. The zero-order valence-electron chi connectivity index (χ0n) is 16.2. The van der Waals surface area contributed by atoms with Gasteiger partial charge in [0.05, 0.1) is 0 Å². The third-order valence-electron chi connectivity index (χ3n) is 4.87. The first-order valence-electron chi connectivity index (χ1n) is 9.53. The fourth-order valence-electron chi connectivity index (χ4n) is 3.19. The van der Waals surface area contributed by atoms with Crippen molar-refractivity contribution in [2.24, 2.45) is 0 Å². The minimum Gasteiger partial charge on any atom is -0.481 e. The maximum absolute atomic E-state index is 12.4. The molecule has 1 atom stereocenters. The van der Waals surface area contributed by atoms with Crippen molar-refractivity contribution < 1.29 is 14.3 Å². The smallest absolute Gasteiger partial charge is 0.261 e. The molecule has 2 amide bonds. The van der Waals surface area contributed by atoms with E-state index in [1.807, 2.05) is 36.1 Å². The molecule has 148 valence electrons. The topological polar surface area (TPSA) is 58.6 Å². The number of carbonyl (C=O) groups is 2. The van der Waals surface area contributed by atoms with Crippen molar-refractivity contribution in [3.05, 3.63) is 64.2 Å². The second kappa shape index (κ2) is 9.11. The van der Waals surface area contributed by atoms with Gasteiger partial charge in [0.2, 0.25) is 0 Å². The molecule has 1 heterocycles. The summed E-state index contributed by atoms with van der Waals surface area (Å²) in [6.07, 6.45) is 1.52. The highest BCUT2D eigenvalue weighted by Gasteiger charge is 2.19. The Labute approximate surface area is 170 Å². The van der Waals surface area contributed by atoms with Crippen LogP contribution < -0.4 is 10.1 Å². The number of nitrogens with zero attached hydrogens (tertiary/aromatic N) is 1. The molecule has 0 unspecified atom stereocenters. The zero-order valence-corrected chi connectivity index (χ0v) is 17.0. The molecule has 1 fully saturated rings. The van der Waals surface area contributed by atoms with Crippen LogP contribution in [0.1, 0.15) is 41.3 Å².